The Morgan fingerprint density at radius 2 is 2.26 bits per heavy atom. The number of anilines is 1. The molecule has 0 aliphatic carbocycles. The molecule has 2 aliphatic heterocycles. The maximum atomic E-state index is 6.13. The Hall–Kier alpha value is -1.11. The van der Waals surface area contributed by atoms with Crippen LogP contribution in [0.15, 0.2) is 11.3 Å². The summed E-state index contributed by atoms with van der Waals surface area (Å²) in [6.07, 6.45) is 2.83. The molecule has 1 atom stereocenters. The van der Waals surface area contributed by atoms with Crippen molar-refractivity contribution < 1.29 is 4.74 Å². The Kier molecular flexibility index (Phi) is 3.72. The van der Waals surface area contributed by atoms with Gasteiger partial charge in [-0.3, -0.25) is 4.90 Å². The third kappa shape index (κ3) is 2.48. The molecule has 1 aromatic heterocycles. The molecule has 0 saturated carbocycles. The number of aliphatic imine (C=N–C) groups is 1. The number of nitrogens with one attached hydrogen (secondary N) is 1. The van der Waals surface area contributed by atoms with Crippen LogP contribution in [0.3, 0.4) is 0 Å². The smallest absolute Gasteiger partial charge is 0.198 e. The van der Waals surface area contributed by atoms with Gasteiger partial charge in [-0.05, 0) is 18.0 Å². The summed E-state index contributed by atoms with van der Waals surface area (Å²) in [7, 11) is 0. The van der Waals surface area contributed by atoms with E-state index < -0.39 is 0 Å². The van der Waals surface area contributed by atoms with E-state index in [0.29, 0.717) is 5.29 Å². The molecule has 1 saturated heterocycles. The van der Waals surface area contributed by atoms with E-state index in [1.807, 2.05) is 6.33 Å². The fourth-order valence-electron chi connectivity index (χ4n) is 2.51. The largest absolute Gasteiger partial charge is 0.379 e. The first-order chi connectivity index (χ1) is 9.29. The Morgan fingerprint density at radius 1 is 1.47 bits per heavy atom. The number of hydrogen-bond donors (Lipinski definition) is 1. The van der Waals surface area contributed by atoms with E-state index in [2.05, 4.69) is 31.7 Å². The summed E-state index contributed by atoms with van der Waals surface area (Å²) in [6.45, 7) is 6.26. The molecule has 0 bridgehead atoms. The minimum Gasteiger partial charge on any atom is -0.379 e. The molecule has 1 unspecified atom stereocenters. The van der Waals surface area contributed by atoms with Crippen LogP contribution < -0.4 is 5.32 Å². The highest BCUT2D eigenvalue weighted by Gasteiger charge is 2.31. The first-order valence-corrected chi connectivity index (χ1v) is 7.04. The number of aryl methyl sites for hydroxylation is 1. The summed E-state index contributed by atoms with van der Waals surface area (Å²) in [5.41, 5.74) is 0.958. The normalized spacial score (nSPS) is 23.7. The van der Waals surface area contributed by atoms with Crippen LogP contribution in [-0.2, 0) is 11.3 Å². The standard InChI is InChI=1S/C12H18ClN5O/c1-2-3-18-8-14-9-10(15-12(13)16-11(9)18)17-4-6-19-7-5-17/h8,10H,2-7H2,1H3,(H,15,16). The van der Waals surface area contributed by atoms with Gasteiger partial charge in [-0.2, -0.15) is 0 Å². The van der Waals surface area contributed by atoms with Crippen molar-refractivity contribution in [3.63, 3.8) is 0 Å². The molecule has 19 heavy (non-hydrogen) atoms. The van der Waals surface area contributed by atoms with Gasteiger partial charge in [0.15, 0.2) is 11.5 Å². The number of rotatable bonds is 3. The average molecular weight is 284 g/mol. The van der Waals surface area contributed by atoms with Crippen LogP contribution >= 0.6 is 11.6 Å². The number of morpholine rings is 1. The maximum Gasteiger partial charge on any atom is 0.198 e. The van der Waals surface area contributed by atoms with Crippen molar-refractivity contribution in [2.75, 3.05) is 31.6 Å². The van der Waals surface area contributed by atoms with E-state index in [4.69, 9.17) is 16.3 Å². The Morgan fingerprint density at radius 3 is 3.00 bits per heavy atom. The zero-order valence-electron chi connectivity index (χ0n) is 11.0. The van der Waals surface area contributed by atoms with Crippen molar-refractivity contribution in [2.45, 2.75) is 26.1 Å². The van der Waals surface area contributed by atoms with Gasteiger partial charge in [-0.15, -0.1) is 0 Å². The molecule has 1 N–H and O–H groups in total. The summed E-state index contributed by atoms with van der Waals surface area (Å²) in [6, 6.07) is 0. The molecule has 3 rings (SSSR count). The summed E-state index contributed by atoms with van der Waals surface area (Å²) in [5, 5.41) is 3.55. The van der Waals surface area contributed by atoms with E-state index in [-0.39, 0.29) is 6.17 Å². The maximum absolute atomic E-state index is 6.13. The zero-order valence-corrected chi connectivity index (χ0v) is 11.7. The predicted molar refractivity (Wildman–Crippen MR) is 74.6 cm³/mol. The van der Waals surface area contributed by atoms with E-state index in [1.165, 1.54) is 0 Å². The van der Waals surface area contributed by atoms with Gasteiger partial charge in [-0.25, -0.2) is 9.98 Å². The van der Waals surface area contributed by atoms with Crippen LogP contribution in [0.25, 0.3) is 0 Å². The summed E-state index contributed by atoms with van der Waals surface area (Å²) in [4.78, 5) is 11.3. The summed E-state index contributed by atoms with van der Waals surface area (Å²) >= 11 is 6.13. The van der Waals surface area contributed by atoms with Gasteiger partial charge in [0.25, 0.3) is 0 Å². The molecular formula is C12H18ClN5O. The van der Waals surface area contributed by atoms with Gasteiger partial charge < -0.3 is 14.6 Å². The van der Waals surface area contributed by atoms with Gasteiger partial charge in [0, 0.05) is 19.6 Å². The molecule has 0 aromatic carbocycles. The lowest BCUT2D eigenvalue weighted by Gasteiger charge is -2.33. The number of amidine groups is 1. The van der Waals surface area contributed by atoms with Gasteiger partial charge in [-0.1, -0.05) is 6.92 Å². The predicted octanol–water partition coefficient (Wildman–Crippen LogP) is 1.64. The van der Waals surface area contributed by atoms with Crippen molar-refractivity contribution in [3.05, 3.63) is 12.0 Å². The lowest BCUT2D eigenvalue weighted by molar-refractivity contribution is 0.0171. The van der Waals surface area contributed by atoms with Crippen molar-refractivity contribution in [1.82, 2.24) is 14.5 Å². The Balaban J connectivity index is 1.90. The molecule has 3 heterocycles. The van der Waals surface area contributed by atoms with Crippen molar-refractivity contribution >= 4 is 22.7 Å². The third-order valence-electron chi connectivity index (χ3n) is 3.42. The second kappa shape index (κ2) is 5.48. The molecule has 0 radical (unpaired) electrons. The first kappa shape index (κ1) is 12.9. The number of aromatic nitrogens is 2. The second-order valence-corrected chi connectivity index (χ2v) is 5.10. The highest BCUT2D eigenvalue weighted by molar-refractivity contribution is 6.67. The molecule has 104 valence electrons. The van der Waals surface area contributed by atoms with Crippen molar-refractivity contribution in [3.8, 4) is 0 Å². The molecule has 0 spiro atoms. The Labute approximate surface area is 117 Å². The van der Waals surface area contributed by atoms with Crippen LogP contribution in [0.2, 0.25) is 0 Å². The molecule has 1 aromatic rings. The Bertz CT molecular complexity index is 480. The number of imidazole rings is 1. The number of hydrogen-bond acceptors (Lipinski definition) is 5. The number of fused-ring (bicyclic) bond motifs is 1. The van der Waals surface area contributed by atoms with E-state index in [1.54, 1.807) is 0 Å². The van der Waals surface area contributed by atoms with Crippen LogP contribution in [0.5, 0.6) is 0 Å². The van der Waals surface area contributed by atoms with Crippen LogP contribution in [0, 0.1) is 0 Å². The molecule has 6 nitrogen and oxygen atoms in total. The van der Waals surface area contributed by atoms with Crippen LogP contribution in [0.1, 0.15) is 25.2 Å². The van der Waals surface area contributed by atoms with Gasteiger partial charge in [0.1, 0.15) is 11.5 Å². The topological polar surface area (TPSA) is 54.7 Å². The number of ether oxygens (including phenoxy) is 1. The molecule has 1 fully saturated rings. The summed E-state index contributed by atoms with van der Waals surface area (Å²) in [5.74, 6) is 0.971. The van der Waals surface area contributed by atoms with Crippen molar-refractivity contribution in [1.29, 1.82) is 0 Å². The minimum absolute atomic E-state index is 0.0919. The highest BCUT2D eigenvalue weighted by atomic mass is 35.5. The quantitative estimate of drug-likeness (QED) is 0.857. The number of nitrogens with zero attached hydrogens (tertiary/aromatic N) is 4. The monoisotopic (exact) mass is 283 g/mol. The molecule has 0 amide bonds. The van der Waals surface area contributed by atoms with Gasteiger partial charge in [0.2, 0.25) is 0 Å². The van der Waals surface area contributed by atoms with Gasteiger partial charge in [0.05, 0.1) is 19.5 Å². The van der Waals surface area contributed by atoms with Gasteiger partial charge >= 0.3 is 0 Å². The minimum atomic E-state index is -0.0919. The van der Waals surface area contributed by atoms with Crippen LogP contribution in [-0.4, -0.2) is 46.0 Å². The first-order valence-electron chi connectivity index (χ1n) is 6.66. The molecular weight excluding hydrogens is 266 g/mol. The lowest BCUT2D eigenvalue weighted by atomic mass is 10.2. The third-order valence-corrected chi connectivity index (χ3v) is 3.62. The molecule has 7 heteroatoms. The fraction of sp³-hybridized carbons (Fsp3) is 0.667. The fourth-order valence-corrected chi connectivity index (χ4v) is 2.69. The second-order valence-electron chi connectivity index (χ2n) is 4.74. The highest BCUT2D eigenvalue weighted by Crippen LogP contribution is 2.32. The number of halogens is 1. The lowest BCUT2D eigenvalue weighted by Crippen LogP contribution is -2.40. The van der Waals surface area contributed by atoms with E-state index in [0.717, 1.165) is 50.8 Å². The zero-order chi connectivity index (χ0) is 13.2. The van der Waals surface area contributed by atoms with E-state index in [9.17, 15) is 0 Å². The average Bonchev–Trinajstić information content (AvgIpc) is 2.83. The summed E-state index contributed by atoms with van der Waals surface area (Å²) < 4.78 is 7.48. The van der Waals surface area contributed by atoms with E-state index >= 15 is 0 Å². The SMILES string of the molecule is CCCn1cnc2c1NC(Cl)=NC2N1CCOCC1. The molecule has 2 aliphatic rings. The van der Waals surface area contributed by atoms with Crippen molar-refractivity contribution in [2.24, 2.45) is 4.99 Å². The van der Waals surface area contributed by atoms with Crippen LogP contribution in [0.4, 0.5) is 5.82 Å².